The van der Waals surface area contributed by atoms with Gasteiger partial charge in [-0.2, -0.15) is 13.2 Å². The largest absolute Gasteiger partial charge is 0.416 e. The molecule has 2 aromatic rings. The molecule has 0 aliphatic carbocycles. The predicted molar refractivity (Wildman–Crippen MR) is 84.1 cm³/mol. The van der Waals surface area contributed by atoms with E-state index >= 15 is 0 Å². The van der Waals surface area contributed by atoms with Crippen molar-refractivity contribution in [1.82, 2.24) is 9.55 Å². The van der Waals surface area contributed by atoms with Crippen LogP contribution in [0.2, 0.25) is 0 Å². The molecule has 128 valence electrons. The fourth-order valence-corrected chi connectivity index (χ4v) is 2.83. The van der Waals surface area contributed by atoms with E-state index < -0.39 is 29.2 Å². The summed E-state index contributed by atoms with van der Waals surface area (Å²) in [5.41, 5.74) is 4.22. The SMILES string of the molecule is CSc1nc(C(N)=O)cc(=O)n1[C@H](C)c1ccc(C(F)(F)F)cc1. The normalized spacial score (nSPS) is 12.9. The number of amides is 1. The molecule has 0 radical (unpaired) electrons. The van der Waals surface area contributed by atoms with E-state index in [0.29, 0.717) is 5.56 Å². The van der Waals surface area contributed by atoms with Crippen molar-refractivity contribution in [2.75, 3.05) is 6.26 Å². The highest BCUT2D eigenvalue weighted by molar-refractivity contribution is 7.98. The number of aromatic nitrogens is 2. The summed E-state index contributed by atoms with van der Waals surface area (Å²) in [4.78, 5) is 27.5. The molecule has 9 heteroatoms. The predicted octanol–water partition coefficient (Wildman–Crippen LogP) is 2.69. The highest BCUT2D eigenvalue weighted by Gasteiger charge is 2.30. The summed E-state index contributed by atoms with van der Waals surface area (Å²) in [5.74, 6) is -0.822. The number of carbonyl (C=O) groups excluding carboxylic acids is 1. The Bertz CT molecular complexity index is 816. The summed E-state index contributed by atoms with van der Waals surface area (Å²) in [5, 5.41) is 0.253. The van der Waals surface area contributed by atoms with Crippen LogP contribution >= 0.6 is 11.8 Å². The highest BCUT2D eigenvalue weighted by atomic mass is 32.2. The molecule has 0 saturated carbocycles. The lowest BCUT2D eigenvalue weighted by atomic mass is 10.1. The molecule has 1 aromatic carbocycles. The quantitative estimate of drug-likeness (QED) is 0.674. The van der Waals surface area contributed by atoms with Crippen LogP contribution in [0.15, 0.2) is 40.3 Å². The number of benzene rings is 1. The van der Waals surface area contributed by atoms with Gasteiger partial charge < -0.3 is 5.73 Å². The minimum atomic E-state index is -4.42. The first kappa shape index (κ1) is 18.1. The monoisotopic (exact) mass is 357 g/mol. The van der Waals surface area contributed by atoms with Crippen LogP contribution in [0.25, 0.3) is 0 Å². The molecule has 0 unspecified atom stereocenters. The fourth-order valence-electron chi connectivity index (χ4n) is 2.20. The van der Waals surface area contributed by atoms with Crippen molar-refractivity contribution in [3.63, 3.8) is 0 Å². The average Bonchev–Trinajstić information content (AvgIpc) is 2.52. The van der Waals surface area contributed by atoms with E-state index in [-0.39, 0.29) is 10.9 Å². The first-order valence-electron chi connectivity index (χ1n) is 6.79. The van der Waals surface area contributed by atoms with Crippen LogP contribution in [0.4, 0.5) is 13.2 Å². The molecule has 2 rings (SSSR count). The Hall–Kier alpha value is -2.29. The van der Waals surface area contributed by atoms with Crippen molar-refractivity contribution in [2.45, 2.75) is 24.3 Å². The van der Waals surface area contributed by atoms with E-state index in [1.807, 2.05) is 0 Å². The van der Waals surface area contributed by atoms with Crippen molar-refractivity contribution < 1.29 is 18.0 Å². The number of nitrogens with two attached hydrogens (primary N) is 1. The third kappa shape index (κ3) is 3.61. The number of rotatable bonds is 4. The first-order chi connectivity index (χ1) is 11.1. The van der Waals surface area contributed by atoms with E-state index in [2.05, 4.69) is 4.98 Å². The topological polar surface area (TPSA) is 78.0 Å². The van der Waals surface area contributed by atoms with E-state index in [1.165, 1.54) is 16.7 Å². The van der Waals surface area contributed by atoms with Gasteiger partial charge in [0.1, 0.15) is 5.69 Å². The van der Waals surface area contributed by atoms with Gasteiger partial charge in [0.2, 0.25) is 0 Å². The molecule has 1 atom stereocenters. The maximum absolute atomic E-state index is 12.6. The van der Waals surface area contributed by atoms with Gasteiger partial charge in [0.15, 0.2) is 5.16 Å². The maximum Gasteiger partial charge on any atom is 0.416 e. The van der Waals surface area contributed by atoms with Crippen LogP contribution in [0, 0.1) is 0 Å². The van der Waals surface area contributed by atoms with E-state index in [1.54, 1.807) is 13.2 Å². The summed E-state index contributed by atoms with van der Waals surface area (Å²) in [6.45, 7) is 1.66. The molecule has 0 spiro atoms. The van der Waals surface area contributed by atoms with Gasteiger partial charge in [-0.05, 0) is 30.9 Å². The lowest BCUT2D eigenvalue weighted by Crippen LogP contribution is -2.29. The Balaban J connectivity index is 2.48. The lowest BCUT2D eigenvalue weighted by Gasteiger charge is -2.19. The molecule has 24 heavy (non-hydrogen) atoms. The lowest BCUT2D eigenvalue weighted by molar-refractivity contribution is -0.137. The Morgan fingerprint density at radius 2 is 1.88 bits per heavy atom. The Morgan fingerprint density at radius 3 is 2.33 bits per heavy atom. The van der Waals surface area contributed by atoms with Gasteiger partial charge in [0, 0.05) is 6.07 Å². The van der Waals surface area contributed by atoms with Crippen LogP contribution in [0.3, 0.4) is 0 Å². The molecule has 1 amide bonds. The van der Waals surface area contributed by atoms with Gasteiger partial charge in [0.05, 0.1) is 11.6 Å². The molecular weight excluding hydrogens is 343 g/mol. The first-order valence-corrected chi connectivity index (χ1v) is 8.02. The number of nitrogens with zero attached hydrogens (tertiary/aromatic N) is 2. The molecule has 0 saturated heterocycles. The molecule has 1 heterocycles. The molecule has 2 N–H and O–H groups in total. The Morgan fingerprint density at radius 1 is 1.29 bits per heavy atom. The molecule has 0 fully saturated rings. The summed E-state index contributed by atoms with van der Waals surface area (Å²) in [6, 6.07) is 5.00. The summed E-state index contributed by atoms with van der Waals surface area (Å²) >= 11 is 1.14. The highest BCUT2D eigenvalue weighted by Crippen LogP contribution is 2.30. The molecule has 5 nitrogen and oxygen atoms in total. The van der Waals surface area contributed by atoms with Crippen molar-refractivity contribution in [2.24, 2.45) is 5.73 Å². The zero-order valence-electron chi connectivity index (χ0n) is 12.8. The van der Waals surface area contributed by atoms with Gasteiger partial charge in [-0.1, -0.05) is 23.9 Å². The summed E-state index contributed by atoms with van der Waals surface area (Å²) in [7, 11) is 0. The average molecular weight is 357 g/mol. The summed E-state index contributed by atoms with van der Waals surface area (Å²) < 4.78 is 39.2. The van der Waals surface area contributed by atoms with Gasteiger partial charge in [0.25, 0.3) is 11.5 Å². The van der Waals surface area contributed by atoms with Crippen LogP contribution < -0.4 is 11.3 Å². The van der Waals surface area contributed by atoms with Crippen molar-refractivity contribution >= 4 is 17.7 Å². The van der Waals surface area contributed by atoms with E-state index in [0.717, 1.165) is 30.0 Å². The number of hydrogen-bond acceptors (Lipinski definition) is 4. The van der Waals surface area contributed by atoms with Crippen LogP contribution in [-0.4, -0.2) is 21.7 Å². The number of hydrogen-bond donors (Lipinski definition) is 1. The van der Waals surface area contributed by atoms with Crippen LogP contribution in [0.1, 0.15) is 34.6 Å². The second-order valence-corrected chi connectivity index (χ2v) is 5.77. The molecule has 0 aliphatic heterocycles. The minimum Gasteiger partial charge on any atom is -0.364 e. The molecular formula is C15H14F3N3O2S. The zero-order chi connectivity index (χ0) is 18.1. The van der Waals surface area contributed by atoms with Gasteiger partial charge >= 0.3 is 6.18 Å². The van der Waals surface area contributed by atoms with Crippen LogP contribution in [-0.2, 0) is 6.18 Å². The van der Waals surface area contributed by atoms with Crippen molar-refractivity contribution in [3.05, 3.63) is 57.5 Å². The number of primary amides is 1. The third-order valence-corrected chi connectivity index (χ3v) is 4.12. The van der Waals surface area contributed by atoms with Gasteiger partial charge in [-0.3, -0.25) is 14.2 Å². The zero-order valence-corrected chi connectivity index (χ0v) is 13.6. The number of thioether (sulfide) groups is 1. The van der Waals surface area contributed by atoms with Crippen molar-refractivity contribution in [3.8, 4) is 0 Å². The minimum absolute atomic E-state index is 0.153. The fraction of sp³-hybridized carbons (Fsp3) is 0.267. The van der Waals surface area contributed by atoms with E-state index in [4.69, 9.17) is 5.73 Å². The Kier molecular flexibility index (Phi) is 5.02. The van der Waals surface area contributed by atoms with Crippen LogP contribution in [0.5, 0.6) is 0 Å². The molecule has 1 aromatic heterocycles. The second kappa shape index (κ2) is 6.68. The van der Waals surface area contributed by atoms with Gasteiger partial charge in [-0.15, -0.1) is 0 Å². The summed E-state index contributed by atoms with van der Waals surface area (Å²) in [6.07, 6.45) is -2.75. The second-order valence-electron chi connectivity index (χ2n) is 5.00. The smallest absolute Gasteiger partial charge is 0.364 e. The number of halogens is 3. The molecule has 0 aliphatic rings. The number of carbonyl (C=O) groups is 1. The van der Waals surface area contributed by atoms with Crippen molar-refractivity contribution in [1.29, 1.82) is 0 Å². The van der Waals surface area contributed by atoms with E-state index in [9.17, 15) is 22.8 Å². The molecule has 0 bridgehead atoms. The maximum atomic E-state index is 12.6. The van der Waals surface area contributed by atoms with Gasteiger partial charge in [-0.25, -0.2) is 4.98 Å². The third-order valence-electron chi connectivity index (χ3n) is 3.46. The Labute approximate surface area is 139 Å². The standard InChI is InChI=1S/C15H14F3N3O2S/c1-8(9-3-5-10(6-4-9)15(16,17)18)21-12(22)7-11(13(19)23)20-14(21)24-2/h3-8H,1-2H3,(H2,19,23)/t8-/m1/s1. The number of alkyl halides is 3.